The minimum Gasteiger partial charge on any atom is -0.481 e. The predicted molar refractivity (Wildman–Crippen MR) is 45.2 cm³/mol. The third-order valence-corrected chi connectivity index (χ3v) is 3.07. The maximum Gasteiger partial charge on any atom is 0.306 e. The minimum atomic E-state index is -0.746. The molecule has 0 aromatic rings. The fourth-order valence-corrected chi connectivity index (χ4v) is 2.35. The Morgan fingerprint density at radius 3 is 2.31 bits per heavy atom. The highest BCUT2D eigenvalue weighted by atomic mass is 16.4. The van der Waals surface area contributed by atoms with Crippen LogP contribution in [0.5, 0.6) is 0 Å². The zero-order valence-electron chi connectivity index (χ0n) is 7.32. The van der Waals surface area contributed by atoms with Gasteiger partial charge in [-0.15, -0.1) is 0 Å². The van der Waals surface area contributed by atoms with Gasteiger partial charge >= 0.3 is 5.97 Å². The topological polar surface area (TPSA) is 66.4 Å². The van der Waals surface area contributed by atoms with E-state index in [-0.39, 0.29) is 23.5 Å². The van der Waals surface area contributed by atoms with Gasteiger partial charge in [0.1, 0.15) is 5.78 Å². The van der Waals surface area contributed by atoms with Crippen molar-refractivity contribution < 1.29 is 14.7 Å². The lowest BCUT2D eigenvalue weighted by Crippen LogP contribution is -2.49. The van der Waals surface area contributed by atoms with Crippen LogP contribution in [0.2, 0.25) is 0 Å². The Morgan fingerprint density at radius 1 is 1.31 bits per heavy atom. The first-order valence-electron chi connectivity index (χ1n) is 4.65. The van der Waals surface area contributed by atoms with Crippen LogP contribution in [0.25, 0.3) is 0 Å². The molecular weight excluding hydrogens is 170 g/mol. The number of carbonyl (C=O) groups is 2. The summed E-state index contributed by atoms with van der Waals surface area (Å²) in [5.74, 6) is -0.863. The van der Waals surface area contributed by atoms with E-state index in [1.54, 1.807) is 0 Å². The molecule has 1 saturated carbocycles. The largest absolute Gasteiger partial charge is 0.481 e. The Balaban J connectivity index is 2.11. The van der Waals surface area contributed by atoms with Gasteiger partial charge in [-0.3, -0.25) is 9.59 Å². The second-order valence-electron chi connectivity index (χ2n) is 3.96. The third kappa shape index (κ3) is 1.46. The van der Waals surface area contributed by atoms with Crippen LogP contribution in [-0.2, 0) is 9.59 Å². The number of fused-ring (bicyclic) bond motifs is 2. The number of rotatable bonds is 1. The average Bonchev–Trinajstić information content (AvgIpc) is 2.02. The lowest BCUT2D eigenvalue weighted by atomic mass is 9.72. The van der Waals surface area contributed by atoms with Gasteiger partial charge < -0.3 is 10.4 Å². The lowest BCUT2D eigenvalue weighted by molar-refractivity contribution is -0.147. The van der Waals surface area contributed by atoms with E-state index in [1.165, 1.54) is 0 Å². The first-order chi connectivity index (χ1) is 6.18. The summed E-state index contributed by atoms with van der Waals surface area (Å²) in [7, 11) is 0. The van der Waals surface area contributed by atoms with Crippen molar-refractivity contribution in [1.82, 2.24) is 5.32 Å². The summed E-state index contributed by atoms with van der Waals surface area (Å²) >= 11 is 0. The Kier molecular flexibility index (Phi) is 2.07. The number of nitrogens with one attached hydrogen (secondary N) is 1. The van der Waals surface area contributed by atoms with Crippen molar-refractivity contribution in [3.8, 4) is 0 Å². The Bertz CT molecular complexity index is 235. The van der Waals surface area contributed by atoms with E-state index in [0.29, 0.717) is 25.9 Å². The summed E-state index contributed by atoms with van der Waals surface area (Å²) in [6.45, 7) is 1.33. The fraction of sp³-hybridized carbons (Fsp3) is 0.778. The molecule has 4 heteroatoms. The van der Waals surface area contributed by atoms with Crippen molar-refractivity contribution in [3.63, 3.8) is 0 Å². The quantitative estimate of drug-likeness (QED) is 0.595. The molecule has 2 N–H and O–H groups in total. The molecule has 2 rings (SSSR count). The number of carboxylic acids is 1. The van der Waals surface area contributed by atoms with Crippen molar-refractivity contribution in [2.75, 3.05) is 13.1 Å². The molecule has 72 valence electrons. The standard InChI is InChI=1S/C9H13NO3/c11-8-6-1-5(9(12)13)2-7(8)4-10-3-6/h5-7,10H,1-4H2,(H,12,13)/t5?,6-,7+. The highest BCUT2D eigenvalue weighted by Crippen LogP contribution is 2.32. The van der Waals surface area contributed by atoms with Gasteiger partial charge in [-0.25, -0.2) is 0 Å². The molecule has 2 bridgehead atoms. The predicted octanol–water partition coefficient (Wildman–Crippen LogP) is -0.114. The van der Waals surface area contributed by atoms with Gasteiger partial charge in [0.25, 0.3) is 0 Å². The SMILES string of the molecule is O=C(O)C1C[C@H]2CNC[C@@H](C1)C2=O. The van der Waals surface area contributed by atoms with Crippen LogP contribution in [0.4, 0.5) is 0 Å². The van der Waals surface area contributed by atoms with Crippen LogP contribution in [-0.4, -0.2) is 29.9 Å². The average molecular weight is 183 g/mol. The monoisotopic (exact) mass is 183 g/mol. The molecule has 0 amide bonds. The molecule has 2 fully saturated rings. The van der Waals surface area contributed by atoms with Crippen LogP contribution in [0.3, 0.4) is 0 Å². The minimum absolute atomic E-state index is 0.0476. The zero-order valence-corrected chi connectivity index (χ0v) is 7.32. The van der Waals surface area contributed by atoms with Gasteiger partial charge in [-0.1, -0.05) is 0 Å². The van der Waals surface area contributed by atoms with Crippen molar-refractivity contribution in [3.05, 3.63) is 0 Å². The molecule has 0 spiro atoms. The molecule has 1 saturated heterocycles. The molecule has 2 aliphatic rings. The van der Waals surface area contributed by atoms with E-state index in [2.05, 4.69) is 5.32 Å². The number of Topliss-reactive ketones (excluding diaryl/α,β-unsaturated/α-hetero) is 1. The number of carboxylic acid groups (broad SMARTS) is 1. The normalized spacial score (nSPS) is 38.8. The summed E-state index contributed by atoms with van der Waals surface area (Å²) in [6.07, 6.45) is 1.05. The summed E-state index contributed by atoms with van der Waals surface area (Å²) in [5.41, 5.74) is 0. The molecule has 3 atom stereocenters. The van der Waals surface area contributed by atoms with Crippen LogP contribution in [0, 0.1) is 17.8 Å². The maximum atomic E-state index is 11.5. The summed E-state index contributed by atoms with van der Waals surface area (Å²) in [4.78, 5) is 22.3. The molecule has 0 aromatic heterocycles. The highest BCUT2D eigenvalue weighted by molar-refractivity contribution is 5.87. The van der Waals surface area contributed by atoms with Gasteiger partial charge in [0.15, 0.2) is 0 Å². The van der Waals surface area contributed by atoms with E-state index in [9.17, 15) is 9.59 Å². The van der Waals surface area contributed by atoms with Gasteiger partial charge in [-0.05, 0) is 12.8 Å². The van der Waals surface area contributed by atoms with Crippen LogP contribution in [0.1, 0.15) is 12.8 Å². The van der Waals surface area contributed by atoms with Crippen molar-refractivity contribution in [2.24, 2.45) is 17.8 Å². The van der Waals surface area contributed by atoms with Crippen LogP contribution >= 0.6 is 0 Å². The first kappa shape index (κ1) is 8.69. The second kappa shape index (κ2) is 3.10. The van der Waals surface area contributed by atoms with E-state index >= 15 is 0 Å². The van der Waals surface area contributed by atoms with Gasteiger partial charge in [0.05, 0.1) is 5.92 Å². The molecule has 1 unspecified atom stereocenters. The molecule has 1 aliphatic heterocycles. The lowest BCUT2D eigenvalue weighted by Gasteiger charge is -2.36. The summed E-state index contributed by atoms with van der Waals surface area (Å²) in [6, 6.07) is 0. The van der Waals surface area contributed by atoms with Gasteiger partial charge in [-0.2, -0.15) is 0 Å². The molecule has 0 radical (unpaired) electrons. The van der Waals surface area contributed by atoms with Crippen LogP contribution < -0.4 is 5.32 Å². The zero-order chi connectivity index (χ0) is 9.42. The number of ketones is 1. The Hall–Kier alpha value is -0.900. The molecule has 4 nitrogen and oxygen atoms in total. The Morgan fingerprint density at radius 2 is 1.85 bits per heavy atom. The summed E-state index contributed by atoms with van der Waals surface area (Å²) in [5, 5.41) is 12.0. The molecular formula is C9H13NO3. The number of piperidine rings is 1. The van der Waals surface area contributed by atoms with Crippen LogP contribution in [0.15, 0.2) is 0 Å². The van der Waals surface area contributed by atoms with E-state index < -0.39 is 5.97 Å². The third-order valence-electron chi connectivity index (χ3n) is 3.07. The van der Waals surface area contributed by atoms with Gasteiger partial charge in [0, 0.05) is 24.9 Å². The second-order valence-corrected chi connectivity index (χ2v) is 3.96. The van der Waals surface area contributed by atoms with Crippen molar-refractivity contribution in [2.45, 2.75) is 12.8 Å². The van der Waals surface area contributed by atoms with E-state index in [4.69, 9.17) is 5.11 Å². The Labute approximate surface area is 76.3 Å². The molecule has 0 aromatic carbocycles. The molecule has 1 heterocycles. The number of aliphatic carboxylic acids is 1. The molecule has 13 heavy (non-hydrogen) atoms. The van der Waals surface area contributed by atoms with Gasteiger partial charge in [0.2, 0.25) is 0 Å². The van der Waals surface area contributed by atoms with Crippen molar-refractivity contribution >= 4 is 11.8 Å². The van der Waals surface area contributed by atoms with E-state index in [0.717, 1.165) is 0 Å². The highest BCUT2D eigenvalue weighted by Gasteiger charge is 2.41. The smallest absolute Gasteiger partial charge is 0.306 e. The number of hydrogen-bond acceptors (Lipinski definition) is 3. The molecule has 1 aliphatic carbocycles. The first-order valence-corrected chi connectivity index (χ1v) is 4.65. The fourth-order valence-electron chi connectivity index (χ4n) is 2.35. The maximum absolute atomic E-state index is 11.5. The van der Waals surface area contributed by atoms with Crippen molar-refractivity contribution in [1.29, 1.82) is 0 Å². The number of carbonyl (C=O) groups excluding carboxylic acids is 1. The summed E-state index contributed by atoms with van der Waals surface area (Å²) < 4.78 is 0. The van der Waals surface area contributed by atoms with E-state index in [1.807, 2.05) is 0 Å². The number of hydrogen-bond donors (Lipinski definition) is 2.